The van der Waals surface area contributed by atoms with Crippen LogP contribution in [0.25, 0.3) is 0 Å². The third-order valence-corrected chi connectivity index (χ3v) is 4.79. The lowest BCUT2D eigenvalue weighted by atomic mass is 10.1. The van der Waals surface area contributed by atoms with Crippen molar-refractivity contribution in [2.24, 2.45) is 0 Å². The fourth-order valence-electron chi connectivity index (χ4n) is 2.32. The normalized spacial score (nSPS) is 11.7. The number of hydrogen-bond donors (Lipinski definition) is 1. The van der Waals surface area contributed by atoms with Gasteiger partial charge in [-0.15, -0.1) is 11.8 Å². The largest absolute Gasteiger partial charge is 0.351 e. The predicted octanol–water partition coefficient (Wildman–Crippen LogP) is 4.23. The molecule has 2 aromatic carbocycles. The van der Waals surface area contributed by atoms with Crippen LogP contribution >= 0.6 is 11.8 Å². The van der Waals surface area contributed by atoms with Crippen LogP contribution in [0.5, 0.6) is 0 Å². The van der Waals surface area contributed by atoms with Crippen LogP contribution < -0.4 is 5.32 Å². The zero-order valence-corrected chi connectivity index (χ0v) is 13.9. The smallest absolute Gasteiger partial charge is 0.238 e. The van der Waals surface area contributed by atoms with E-state index in [9.17, 15) is 4.79 Å². The quantitative estimate of drug-likeness (QED) is 0.686. The average Bonchev–Trinajstić information content (AvgIpc) is 2.66. The SMILES string of the molecule is O=C(NCc1cccnc1)[C@H](Sc1ccccc1)c1ccccc1. The Kier molecular flexibility index (Phi) is 5.64. The maximum absolute atomic E-state index is 12.8. The minimum Gasteiger partial charge on any atom is -0.351 e. The van der Waals surface area contributed by atoms with Gasteiger partial charge in [0.15, 0.2) is 0 Å². The number of pyridine rings is 1. The Morgan fingerprint density at radius 2 is 1.67 bits per heavy atom. The van der Waals surface area contributed by atoms with Gasteiger partial charge in [-0.25, -0.2) is 0 Å². The fraction of sp³-hybridized carbons (Fsp3) is 0.100. The van der Waals surface area contributed by atoms with Gasteiger partial charge in [-0.1, -0.05) is 54.6 Å². The van der Waals surface area contributed by atoms with Crippen molar-refractivity contribution in [3.63, 3.8) is 0 Å². The van der Waals surface area contributed by atoms with Gasteiger partial charge < -0.3 is 5.32 Å². The summed E-state index contributed by atoms with van der Waals surface area (Å²) in [6.45, 7) is 0.478. The molecule has 3 nitrogen and oxygen atoms in total. The van der Waals surface area contributed by atoms with Crippen molar-refractivity contribution >= 4 is 17.7 Å². The summed E-state index contributed by atoms with van der Waals surface area (Å²) in [5, 5.41) is 2.73. The average molecular weight is 334 g/mol. The summed E-state index contributed by atoms with van der Waals surface area (Å²) in [6, 6.07) is 23.7. The van der Waals surface area contributed by atoms with E-state index in [4.69, 9.17) is 0 Å². The Labute approximate surface area is 146 Å². The number of hydrogen-bond acceptors (Lipinski definition) is 3. The van der Waals surface area contributed by atoms with Crippen LogP contribution in [0.3, 0.4) is 0 Å². The molecule has 0 fully saturated rings. The van der Waals surface area contributed by atoms with E-state index in [1.165, 1.54) is 0 Å². The molecule has 0 saturated heterocycles. The summed E-state index contributed by atoms with van der Waals surface area (Å²) in [5.74, 6) is -0.00101. The minimum atomic E-state index is -0.287. The minimum absolute atomic E-state index is 0.00101. The molecule has 24 heavy (non-hydrogen) atoms. The molecule has 0 aliphatic carbocycles. The molecule has 0 unspecified atom stereocenters. The molecular weight excluding hydrogens is 316 g/mol. The fourth-order valence-corrected chi connectivity index (χ4v) is 3.39. The summed E-state index contributed by atoms with van der Waals surface area (Å²) < 4.78 is 0. The van der Waals surface area contributed by atoms with E-state index in [0.29, 0.717) is 6.54 Å². The molecule has 1 heterocycles. The van der Waals surface area contributed by atoms with Crippen molar-refractivity contribution in [3.05, 3.63) is 96.3 Å². The molecule has 1 atom stereocenters. The highest BCUT2D eigenvalue weighted by molar-refractivity contribution is 8.00. The molecule has 120 valence electrons. The number of carbonyl (C=O) groups is 1. The van der Waals surface area contributed by atoms with Crippen molar-refractivity contribution in [2.45, 2.75) is 16.7 Å². The predicted molar refractivity (Wildman–Crippen MR) is 97.6 cm³/mol. The molecule has 3 aromatic rings. The van der Waals surface area contributed by atoms with Gasteiger partial charge in [-0.3, -0.25) is 9.78 Å². The molecule has 0 radical (unpaired) electrons. The molecule has 0 bridgehead atoms. The van der Waals surface area contributed by atoms with E-state index >= 15 is 0 Å². The Balaban J connectivity index is 1.75. The van der Waals surface area contributed by atoms with E-state index < -0.39 is 0 Å². The Morgan fingerprint density at radius 3 is 2.33 bits per heavy atom. The summed E-state index contributed by atoms with van der Waals surface area (Å²) in [6.07, 6.45) is 3.49. The highest BCUT2D eigenvalue weighted by atomic mass is 32.2. The monoisotopic (exact) mass is 334 g/mol. The molecule has 0 aliphatic rings. The molecule has 1 amide bonds. The second-order valence-corrected chi connectivity index (χ2v) is 6.48. The van der Waals surface area contributed by atoms with Crippen LogP contribution in [0.2, 0.25) is 0 Å². The number of carbonyl (C=O) groups excluding carboxylic acids is 1. The van der Waals surface area contributed by atoms with Gasteiger partial charge >= 0.3 is 0 Å². The number of aromatic nitrogens is 1. The summed E-state index contributed by atoms with van der Waals surface area (Å²) in [5.41, 5.74) is 1.98. The van der Waals surface area contributed by atoms with E-state index in [1.807, 2.05) is 72.8 Å². The van der Waals surface area contributed by atoms with Crippen molar-refractivity contribution in [1.29, 1.82) is 0 Å². The molecule has 1 N–H and O–H groups in total. The summed E-state index contributed by atoms with van der Waals surface area (Å²) >= 11 is 1.56. The van der Waals surface area contributed by atoms with Gasteiger partial charge in [0.05, 0.1) is 0 Å². The lowest BCUT2D eigenvalue weighted by molar-refractivity contribution is -0.120. The van der Waals surface area contributed by atoms with Crippen LogP contribution in [0.4, 0.5) is 0 Å². The molecule has 1 aromatic heterocycles. The molecular formula is C20H18N2OS. The van der Waals surface area contributed by atoms with Crippen LogP contribution in [-0.4, -0.2) is 10.9 Å². The molecule has 0 spiro atoms. The third kappa shape index (κ3) is 4.46. The highest BCUT2D eigenvalue weighted by Crippen LogP contribution is 2.35. The van der Waals surface area contributed by atoms with E-state index in [2.05, 4.69) is 10.3 Å². The molecule has 3 rings (SSSR count). The number of rotatable bonds is 6. The number of thioether (sulfide) groups is 1. The van der Waals surface area contributed by atoms with Gasteiger partial charge in [0.25, 0.3) is 0 Å². The first-order valence-electron chi connectivity index (χ1n) is 7.76. The zero-order valence-electron chi connectivity index (χ0n) is 13.1. The Bertz CT molecular complexity index is 763. The maximum atomic E-state index is 12.8. The van der Waals surface area contributed by atoms with Crippen LogP contribution in [0.15, 0.2) is 90.1 Å². The van der Waals surface area contributed by atoms with Crippen LogP contribution in [0, 0.1) is 0 Å². The van der Waals surface area contributed by atoms with Crippen molar-refractivity contribution < 1.29 is 4.79 Å². The van der Waals surface area contributed by atoms with Gasteiger partial charge in [-0.05, 0) is 29.3 Å². The first kappa shape index (κ1) is 16.3. The zero-order chi connectivity index (χ0) is 16.6. The Hall–Kier alpha value is -2.59. The van der Waals surface area contributed by atoms with E-state index in [1.54, 1.807) is 24.2 Å². The van der Waals surface area contributed by atoms with E-state index in [0.717, 1.165) is 16.0 Å². The number of amides is 1. The molecule has 0 saturated carbocycles. The van der Waals surface area contributed by atoms with Gasteiger partial charge in [0.2, 0.25) is 5.91 Å². The lowest BCUT2D eigenvalue weighted by Gasteiger charge is -2.17. The highest BCUT2D eigenvalue weighted by Gasteiger charge is 2.21. The Morgan fingerprint density at radius 1 is 0.958 bits per heavy atom. The summed E-state index contributed by atoms with van der Waals surface area (Å²) in [4.78, 5) is 17.9. The van der Waals surface area contributed by atoms with Crippen molar-refractivity contribution in [1.82, 2.24) is 10.3 Å². The van der Waals surface area contributed by atoms with Crippen LogP contribution in [-0.2, 0) is 11.3 Å². The maximum Gasteiger partial charge on any atom is 0.238 e. The standard InChI is InChI=1S/C20H18N2OS/c23-20(22-15-16-8-7-13-21-14-16)19(17-9-3-1-4-10-17)24-18-11-5-2-6-12-18/h1-14,19H,15H2,(H,22,23)/t19-/m1/s1. The van der Waals surface area contributed by atoms with Crippen molar-refractivity contribution in [2.75, 3.05) is 0 Å². The molecule has 0 aliphatic heterocycles. The second kappa shape index (κ2) is 8.31. The van der Waals surface area contributed by atoms with Gasteiger partial charge in [0.1, 0.15) is 5.25 Å². The van der Waals surface area contributed by atoms with Crippen LogP contribution in [0.1, 0.15) is 16.4 Å². The summed E-state index contributed by atoms with van der Waals surface area (Å²) in [7, 11) is 0. The lowest BCUT2D eigenvalue weighted by Crippen LogP contribution is -2.27. The third-order valence-electron chi connectivity index (χ3n) is 3.53. The second-order valence-electron chi connectivity index (χ2n) is 5.30. The van der Waals surface area contributed by atoms with E-state index in [-0.39, 0.29) is 11.2 Å². The number of nitrogens with one attached hydrogen (secondary N) is 1. The van der Waals surface area contributed by atoms with Crippen molar-refractivity contribution in [3.8, 4) is 0 Å². The number of benzene rings is 2. The van der Waals surface area contributed by atoms with Gasteiger partial charge in [-0.2, -0.15) is 0 Å². The molecule has 4 heteroatoms. The topological polar surface area (TPSA) is 42.0 Å². The first-order valence-corrected chi connectivity index (χ1v) is 8.64. The number of nitrogens with zero attached hydrogens (tertiary/aromatic N) is 1. The van der Waals surface area contributed by atoms with Gasteiger partial charge in [0, 0.05) is 23.8 Å². The first-order chi connectivity index (χ1) is 11.8.